The molecule has 2 rings (SSSR count). The van der Waals surface area contributed by atoms with E-state index in [2.05, 4.69) is 51.9 Å². The van der Waals surface area contributed by atoms with Gasteiger partial charge in [0, 0.05) is 13.2 Å². The van der Waals surface area contributed by atoms with Gasteiger partial charge >= 0.3 is 5.97 Å². The molecule has 0 amide bonds. The van der Waals surface area contributed by atoms with Crippen molar-refractivity contribution < 1.29 is 9.53 Å². The molecule has 22 heavy (non-hydrogen) atoms. The molecule has 1 aromatic heterocycles. The summed E-state index contributed by atoms with van der Waals surface area (Å²) in [6, 6.07) is 4.36. The molecule has 0 N–H and O–H groups in total. The normalized spacial score (nSPS) is 11.5. The van der Waals surface area contributed by atoms with Gasteiger partial charge in [-0.25, -0.2) is 4.79 Å². The van der Waals surface area contributed by atoms with Gasteiger partial charge in [0.1, 0.15) is 6.61 Å². The Kier molecular flexibility index (Phi) is 4.40. The standard InChI is InChI=1S/C18H24N2O2/c1-12-7-15(18(3,4)5)8-13(2)16(12)11-22-17(21)14-9-19-20(6)10-14/h7-10H,11H2,1-6H3. The van der Waals surface area contributed by atoms with Crippen LogP contribution in [0.2, 0.25) is 0 Å². The molecule has 0 unspecified atom stereocenters. The van der Waals surface area contributed by atoms with Crippen LogP contribution in [0.4, 0.5) is 0 Å². The van der Waals surface area contributed by atoms with Crippen molar-refractivity contribution in [1.29, 1.82) is 0 Å². The number of carbonyl (C=O) groups excluding carboxylic acids is 1. The molecule has 118 valence electrons. The van der Waals surface area contributed by atoms with Crippen LogP contribution in [0.1, 0.15) is 53.4 Å². The van der Waals surface area contributed by atoms with Crippen LogP contribution in [0, 0.1) is 13.8 Å². The number of hydrogen-bond donors (Lipinski definition) is 0. The lowest BCUT2D eigenvalue weighted by atomic mass is 9.84. The summed E-state index contributed by atoms with van der Waals surface area (Å²) in [5.41, 5.74) is 5.27. The summed E-state index contributed by atoms with van der Waals surface area (Å²) in [6.07, 6.45) is 3.18. The molecule has 0 spiro atoms. The molecule has 0 bridgehead atoms. The maximum absolute atomic E-state index is 12.0. The fourth-order valence-electron chi connectivity index (χ4n) is 2.40. The van der Waals surface area contributed by atoms with Gasteiger partial charge in [0.05, 0.1) is 11.8 Å². The van der Waals surface area contributed by atoms with Crippen LogP contribution >= 0.6 is 0 Å². The van der Waals surface area contributed by atoms with Crippen LogP contribution < -0.4 is 0 Å². The summed E-state index contributed by atoms with van der Waals surface area (Å²) in [4.78, 5) is 12.0. The number of aromatic nitrogens is 2. The Labute approximate surface area is 132 Å². The van der Waals surface area contributed by atoms with Gasteiger partial charge in [0.15, 0.2) is 0 Å². The fourth-order valence-corrected chi connectivity index (χ4v) is 2.40. The molecule has 0 fully saturated rings. The third kappa shape index (κ3) is 3.56. The number of aryl methyl sites for hydroxylation is 3. The number of benzene rings is 1. The molecule has 1 aromatic carbocycles. The van der Waals surface area contributed by atoms with Crippen LogP contribution in [0.5, 0.6) is 0 Å². The highest BCUT2D eigenvalue weighted by Gasteiger charge is 2.17. The highest BCUT2D eigenvalue weighted by molar-refractivity contribution is 5.88. The van der Waals surface area contributed by atoms with Gasteiger partial charge in [-0.05, 0) is 41.5 Å². The predicted octanol–water partition coefficient (Wildman–Crippen LogP) is 3.69. The first kappa shape index (κ1) is 16.3. The smallest absolute Gasteiger partial charge is 0.341 e. The van der Waals surface area contributed by atoms with E-state index in [0.717, 1.165) is 16.7 Å². The average molecular weight is 300 g/mol. The minimum Gasteiger partial charge on any atom is -0.457 e. The zero-order valence-electron chi connectivity index (χ0n) is 14.2. The number of rotatable bonds is 3. The monoisotopic (exact) mass is 300 g/mol. The van der Waals surface area contributed by atoms with Crippen LogP contribution in [-0.4, -0.2) is 15.7 Å². The van der Waals surface area contributed by atoms with Crippen LogP contribution in [0.25, 0.3) is 0 Å². The molecule has 0 atom stereocenters. The second kappa shape index (κ2) is 5.95. The SMILES string of the molecule is Cc1cc(C(C)(C)C)cc(C)c1COC(=O)c1cnn(C)c1. The second-order valence-electron chi connectivity index (χ2n) is 6.82. The number of nitrogens with zero attached hydrogens (tertiary/aromatic N) is 2. The van der Waals surface area contributed by atoms with Gasteiger partial charge in [-0.2, -0.15) is 5.10 Å². The van der Waals surface area contributed by atoms with E-state index >= 15 is 0 Å². The molecule has 1 heterocycles. The van der Waals surface area contributed by atoms with Gasteiger partial charge < -0.3 is 4.74 Å². The summed E-state index contributed by atoms with van der Waals surface area (Å²) in [5, 5.41) is 3.98. The molecular weight excluding hydrogens is 276 g/mol. The molecule has 2 aromatic rings. The van der Waals surface area contributed by atoms with Crippen molar-refractivity contribution in [2.45, 2.75) is 46.6 Å². The van der Waals surface area contributed by atoms with Gasteiger partial charge in [0.2, 0.25) is 0 Å². The highest BCUT2D eigenvalue weighted by atomic mass is 16.5. The molecule has 0 aliphatic rings. The lowest BCUT2D eigenvalue weighted by Crippen LogP contribution is -2.13. The van der Waals surface area contributed by atoms with E-state index in [-0.39, 0.29) is 18.0 Å². The van der Waals surface area contributed by atoms with E-state index in [9.17, 15) is 4.79 Å². The first-order valence-corrected chi connectivity index (χ1v) is 7.45. The Balaban J connectivity index is 2.15. The van der Waals surface area contributed by atoms with E-state index in [4.69, 9.17) is 4.74 Å². The Hall–Kier alpha value is -2.10. The van der Waals surface area contributed by atoms with Gasteiger partial charge in [-0.15, -0.1) is 0 Å². The summed E-state index contributed by atoms with van der Waals surface area (Å²) in [6.45, 7) is 11.0. The van der Waals surface area contributed by atoms with E-state index in [1.807, 2.05) is 0 Å². The van der Waals surface area contributed by atoms with E-state index in [1.165, 1.54) is 11.8 Å². The third-order valence-electron chi connectivity index (χ3n) is 3.85. The molecule has 0 saturated heterocycles. The Bertz CT molecular complexity index is 670. The summed E-state index contributed by atoms with van der Waals surface area (Å²) in [5.74, 6) is -0.341. The zero-order chi connectivity index (χ0) is 16.5. The molecular formula is C18H24N2O2. The lowest BCUT2D eigenvalue weighted by Gasteiger charge is -2.22. The number of esters is 1. The van der Waals surface area contributed by atoms with Gasteiger partial charge in [-0.1, -0.05) is 32.9 Å². The molecule has 0 radical (unpaired) electrons. The van der Waals surface area contributed by atoms with Gasteiger partial charge in [0.25, 0.3) is 0 Å². The first-order valence-electron chi connectivity index (χ1n) is 7.45. The summed E-state index contributed by atoms with van der Waals surface area (Å²) >= 11 is 0. The number of hydrogen-bond acceptors (Lipinski definition) is 3. The molecule has 0 aliphatic heterocycles. The molecule has 4 nitrogen and oxygen atoms in total. The number of ether oxygens (including phenoxy) is 1. The maximum atomic E-state index is 12.0. The largest absolute Gasteiger partial charge is 0.457 e. The quantitative estimate of drug-likeness (QED) is 0.812. The fraction of sp³-hybridized carbons (Fsp3) is 0.444. The van der Waals surface area contributed by atoms with Crippen molar-refractivity contribution in [3.05, 3.63) is 52.3 Å². The topological polar surface area (TPSA) is 44.1 Å². The maximum Gasteiger partial charge on any atom is 0.341 e. The van der Waals surface area contributed by atoms with E-state index in [1.54, 1.807) is 17.9 Å². The van der Waals surface area contributed by atoms with Crippen molar-refractivity contribution in [2.24, 2.45) is 7.05 Å². The van der Waals surface area contributed by atoms with Crippen LogP contribution in [-0.2, 0) is 23.8 Å². The zero-order valence-corrected chi connectivity index (χ0v) is 14.2. The molecule has 4 heteroatoms. The highest BCUT2D eigenvalue weighted by Crippen LogP contribution is 2.27. The second-order valence-corrected chi connectivity index (χ2v) is 6.82. The van der Waals surface area contributed by atoms with E-state index < -0.39 is 0 Å². The predicted molar refractivity (Wildman–Crippen MR) is 86.9 cm³/mol. The summed E-state index contributed by atoms with van der Waals surface area (Å²) < 4.78 is 7.01. The molecule has 0 saturated carbocycles. The first-order chi connectivity index (χ1) is 10.2. The Morgan fingerprint density at radius 1 is 1.23 bits per heavy atom. The average Bonchev–Trinajstić information content (AvgIpc) is 2.83. The van der Waals surface area contributed by atoms with E-state index in [0.29, 0.717) is 5.56 Å². The Morgan fingerprint density at radius 2 is 1.82 bits per heavy atom. The lowest BCUT2D eigenvalue weighted by molar-refractivity contribution is 0.0471. The van der Waals surface area contributed by atoms with Crippen molar-refractivity contribution >= 4 is 5.97 Å². The minimum atomic E-state index is -0.341. The van der Waals surface area contributed by atoms with Crippen molar-refractivity contribution in [3.63, 3.8) is 0 Å². The van der Waals surface area contributed by atoms with Crippen molar-refractivity contribution in [1.82, 2.24) is 9.78 Å². The third-order valence-corrected chi connectivity index (χ3v) is 3.85. The minimum absolute atomic E-state index is 0.112. The molecule has 0 aliphatic carbocycles. The number of carbonyl (C=O) groups is 1. The Morgan fingerprint density at radius 3 is 2.27 bits per heavy atom. The van der Waals surface area contributed by atoms with Crippen molar-refractivity contribution in [2.75, 3.05) is 0 Å². The van der Waals surface area contributed by atoms with Crippen LogP contribution in [0.15, 0.2) is 24.5 Å². The summed E-state index contributed by atoms with van der Waals surface area (Å²) in [7, 11) is 1.77. The van der Waals surface area contributed by atoms with Crippen LogP contribution in [0.3, 0.4) is 0 Å². The van der Waals surface area contributed by atoms with Gasteiger partial charge in [-0.3, -0.25) is 4.68 Å². The van der Waals surface area contributed by atoms with Crippen molar-refractivity contribution in [3.8, 4) is 0 Å².